The molecule has 0 radical (unpaired) electrons. The second-order valence-electron chi connectivity index (χ2n) is 4.79. The van der Waals surface area contributed by atoms with E-state index in [9.17, 15) is 13.5 Å². The van der Waals surface area contributed by atoms with E-state index in [0.717, 1.165) is 5.56 Å². The molecule has 0 aliphatic carbocycles. The van der Waals surface area contributed by atoms with Crippen LogP contribution in [0, 0.1) is 0 Å². The van der Waals surface area contributed by atoms with E-state index in [-0.39, 0.29) is 5.75 Å². The van der Waals surface area contributed by atoms with Crippen molar-refractivity contribution >= 4 is 21.4 Å². The van der Waals surface area contributed by atoms with Gasteiger partial charge < -0.3 is 10.0 Å². The molecule has 0 aliphatic heterocycles. The Hall–Kier alpha value is -0.620. The molecule has 1 aromatic rings. The van der Waals surface area contributed by atoms with E-state index in [1.165, 1.54) is 6.26 Å². The van der Waals surface area contributed by atoms with Crippen LogP contribution in [-0.4, -0.2) is 50.6 Å². The van der Waals surface area contributed by atoms with Crippen LogP contribution in [0.4, 0.5) is 0 Å². The number of aliphatic hydroxyl groups is 1. The number of hydrogen-bond donors (Lipinski definition) is 1. The fourth-order valence-electron chi connectivity index (χ4n) is 1.66. The summed E-state index contributed by atoms with van der Waals surface area (Å²) in [6, 6.07) is 7.13. The molecule has 1 aromatic carbocycles. The van der Waals surface area contributed by atoms with Crippen LogP contribution in [0.3, 0.4) is 0 Å². The fraction of sp³-hybridized carbons (Fsp3) is 0.538. The molecule has 0 amide bonds. The summed E-state index contributed by atoms with van der Waals surface area (Å²) in [4.78, 5) is 1.90. The topological polar surface area (TPSA) is 57.6 Å². The van der Waals surface area contributed by atoms with Crippen molar-refractivity contribution in [2.24, 2.45) is 0 Å². The summed E-state index contributed by atoms with van der Waals surface area (Å²) >= 11 is 5.86. The van der Waals surface area contributed by atoms with Gasteiger partial charge in [-0.25, -0.2) is 8.42 Å². The Morgan fingerprint density at radius 2 is 2.05 bits per heavy atom. The van der Waals surface area contributed by atoms with Gasteiger partial charge in [-0.1, -0.05) is 23.7 Å². The maximum absolute atomic E-state index is 11.0. The zero-order valence-corrected chi connectivity index (χ0v) is 12.8. The van der Waals surface area contributed by atoms with Gasteiger partial charge in [0, 0.05) is 24.4 Å². The monoisotopic (exact) mass is 305 g/mol. The summed E-state index contributed by atoms with van der Waals surface area (Å²) in [5, 5.41) is 10.6. The molecule has 0 bridgehead atoms. The predicted molar refractivity (Wildman–Crippen MR) is 78.2 cm³/mol. The van der Waals surface area contributed by atoms with Crippen molar-refractivity contribution in [3.8, 4) is 0 Å². The zero-order valence-electron chi connectivity index (χ0n) is 11.2. The highest BCUT2D eigenvalue weighted by Crippen LogP contribution is 2.20. The lowest BCUT2D eigenvalue weighted by atomic mass is 10.1. The fourth-order valence-corrected chi connectivity index (χ4v) is 2.50. The molecule has 0 saturated heterocycles. The third-order valence-electron chi connectivity index (χ3n) is 2.86. The molecule has 1 rings (SSSR count). The first-order chi connectivity index (χ1) is 8.78. The van der Waals surface area contributed by atoms with Crippen LogP contribution < -0.4 is 0 Å². The van der Waals surface area contributed by atoms with Gasteiger partial charge in [0.1, 0.15) is 9.84 Å². The van der Waals surface area contributed by atoms with Gasteiger partial charge in [-0.3, -0.25) is 0 Å². The van der Waals surface area contributed by atoms with Crippen LogP contribution in [0.2, 0.25) is 5.02 Å². The molecule has 108 valence electrons. The molecule has 0 aromatic heterocycles. The van der Waals surface area contributed by atoms with Crippen LogP contribution in [0.25, 0.3) is 0 Å². The molecule has 1 atom stereocenters. The third kappa shape index (κ3) is 6.92. The van der Waals surface area contributed by atoms with Crippen LogP contribution in [0.1, 0.15) is 18.1 Å². The van der Waals surface area contributed by atoms with Crippen molar-refractivity contribution in [1.29, 1.82) is 0 Å². The smallest absolute Gasteiger partial charge is 0.148 e. The van der Waals surface area contributed by atoms with Crippen molar-refractivity contribution in [3.63, 3.8) is 0 Å². The second kappa shape index (κ2) is 7.24. The SMILES string of the molecule is CN(CCC(O)c1cccc(Cl)c1)CCS(C)(=O)=O. The van der Waals surface area contributed by atoms with Gasteiger partial charge in [-0.15, -0.1) is 0 Å². The molecule has 0 aliphatic rings. The Morgan fingerprint density at radius 3 is 2.63 bits per heavy atom. The number of hydrogen-bond acceptors (Lipinski definition) is 4. The van der Waals surface area contributed by atoms with Gasteiger partial charge in [-0.05, 0) is 31.2 Å². The van der Waals surface area contributed by atoms with Gasteiger partial charge in [0.25, 0.3) is 0 Å². The minimum Gasteiger partial charge on any atom is -0.388 e. The van der Waals surface area contributed by atoms with Gasteiger partial charge in [-0.2, -0.15) is 0 Å². The van der Waals surface area contributed by atoms with Crippen molar-refractivity contribution in [3.05, 3.63) is 34.9 Å². The van der Waals surface area contributed by atoms with Crippen LogP contribution in [-0.2, 0) is 9.84 Å². The molecule has 6 heteroatoms. The maximum atomic E-state index is 11.0. The molecular weight excluding hydrogens is 286 g/mol. The second-order valence-corrected chi connectivity index (χ2v) is 7.49. The number of aliphatic hydroxyl groups excluding tert-OH is 1. The number of benzene rings is 1. The first-order valence-electron chi connectivity index (χ1n) is 6.08. The number of halogens is 1. The zero-order chi connectivity index (χ0) is 14.5. The number of rotatable bonds is 7. The maximum Gasteiger partial charge on any atom is 0.148 e. The molecule has 0 heterocycles. The molecule has 0 fully saturated rings. The van der Waals surface area contributed by atoms with Gasteiger partial charge in [0.15, 0.2) is 0 Å². The molecule has 1 unspecified atom stereocenters. The third-order valence-corrected chi connectivity index (χ3v) is 4.02. The van der Waals surface area contributed by atoms with Crippen molar-refractivity contribution in [2.75, 3.05) is 32.1 Å². The minimum absolute atomic E-state index is 0.136. The van der Waals surface area contributed by atoms with E-state index in [4.69, 9.17) is 11.6 Å². The Labute approximate surface area is 119 Å². The molecule has 19 heavy (non-hydrogen) atoms. The molecule has 0 saturated carbocycles. The number of nitrogens with zero attached hydrogens (tertiary/aromatic N) is 1. The summed E-state index contributed by atoms with van der Waals surface area (Å²) in [7, 11) is -1.09. The average molecular weight is 306 g/mol. The van der Waals surface area contributed by atoms with Gasteiger partial charge >= 0.3 is 0 Å². The molecule has 1 N–H and O–H groups in total. The van der Waals surface area contributed by atoms with Crippen LogP contribution >= 0.6 is 11.6 Å². The number of sulfone groups is 1. The van der Waals surface area contributed by atoms with E-state index < -0.39 is 15.9 Å². The van der Waals surface area contributed by atoms with Crippen molar-refractivity contribution in [2.45, 2.75) is 12.5 Å². The Morgan fingerprint density at radius 1 is 1.37 bits per heavy atom. The Kier molecular flexibility index (Phi) is 6.26. The molecule has 0 spiro atoms. The van der Waals surface area contributed by atoms with E-state index in [1.54, 1.807) is 18.2 Å². The van der Waals surface area contributed by atoms with E-state index >= 15 is 0 Å². The summed E-state index contributed by atoms with van der Waals surface area (Å²) < 4.78 is 22.1. The Balaban J connectivity index is 2.40. The first kappa shape index (κ1) is 16.4. The standard InChI is InChI=1S/C13H20ClNO3S/c1-15(8-9-19(2,17)18)7-6-13(16)11-4-3-5-12(14)10-11/h3-5,10,13,16H,6-9H2,1-2H3. The highest BCUT2D eigenvalue weighted by atomic mass is 35.5. The first-order valence-corrected chi connectivity index (χ1v) is 8.51. The largest absolute Gasteiger partial charge is 0.388 e. The van der Waals surface area contributed by atoms with E-state index in [2.05, 4.69) is 0 Å². The summed E-state index contributed by atoms with van der Waals surface area (Å²) in [6.07, 6.45) is 1.18. The normalized spacial score (nSPS) is 13.7. The van der Waals surface area contributed by atoms with Gasteiger partial charge in [0.05, 0.1) is 11.9 Å². The lowest BCUT2D eigenvalue weighted by Crippen LogP contribution is -2.27. The summed E-state index contributed by atoms with van der Waals surface area (Å²) in [5.41, 5.74) is 0.781. The molecule has 4 nitrogen and oxygen atoms in total. The summed E-state index contributed by atoms with van der Waals surface area (Å²) in [6.45, 7) is 1.10. The van der Waals surface area contributed by atoms with Crippen LogP contribution in [0.5, 0.6) is 0 Å². The van der Waals surface area contributed by atoms with Gasteiger partial charge in [0.2, 0.25) is 0 Å². The quantitative estimate of drug-likeness (QED) is 0.833. The van der Waals surface area contributed by atoms with Crippen LogP contribution in [0.15, 0.2) is 24.3 Å². The Bertz CT molecular complexity index is 504. The van der Waals surface area contributed by atoms with E-state index in [1.807, 2.05) is 18.0 Å². The van der Waals surface area contributed by atoms with Crippen molar-refractivity contribution in [1.82, 2.24) is 4.90 Å². The molecular formula is C13H20ClNO3S. The highest BCUT2D eigenvalue weighted by molar-refractivity contribution is 7.90. The van der Waals surface area contributed by atoms with E-state index in [0.29, 0.717) is 24.5 Å². The minimum atomic E-state index is -2.94. The predicted octanol–water partition coefficient (Wildman–Crippen LogP) is 1.74. The lowest BCUT2D eigenvalue weighted by Gasteiger charge is -2.18. The summed E-state index contributed by atoms with van der Waals surface area (Å²) in [5.74, 6) is 0.136. The average Bonchev–Trinajstić information content (AvgIpc) is 2.32. The van der Waals surface area contributed by atoms with Crippen molar-refractivity contribution < 1.29 is 13.5 Å². The lowest BCUT2D eigenvalue weighted by molar-refractivity contribution is 0.150. The highest BCUT2D eigenvalue weighted by Gasteiger charge is 2.10.